The summed E-state index contributed by atoms with van der Waals surface area (Å²) in [7, 11) is 1.74. The predicted octanol–water partition coefficient (Wildman–Crippen LogP) is 10.5. The molecule has 0 heterocycles. The molecule has 342 valence electrons. The zero-order valence-corrected chi connectivity index (χ0v) is 40.0. The molecule has 0 aliphatic heterocycles. The van der Waals surface area contributed by atoms with Crippen molar-refractivity contribution in [2.75, 3.05) is 33.4 Å². The Hall–Kier alpha value is -2.66. The smallest absolute Gasteiger partial charge is 0.161 e. The number of ether oxygens (including phenoxy) is 3. The maximum Gasteiger partial charge on any atom is 0.161 e. The van der Waals surface area contributed by atoms with Gasteiger partial charge < -0.3 is 45.3 Å². The summed E-state index contributed by atoms with van der Waals surface area (Å²) in [5.74, 6) is 0.424. The van der Waals surface area contributed by atoms with Gasteiger partial charge in [0.1, 0.15) is 0 Å². The number of rotatable bonds is 24. The number of phenols is 2. The summed E-state index contributed by atoms with van der Waals surface area (Å²) in [6.45, 7) is 36.2. The fourth-order valence-corrected chi connectivity index (χ4v) is 10.6. The second-order valence-electron chi connectivity index (χ2n) is 19.8. The number of benzene rings is 1. The lowest BCUT2D eigenvalue weighted by Crippen LogP contribution is -2.66. The van der Waals surface area contributed by atoms with Crippen LogP contribution in [0.15, 0.2) is 60.4 Å². The second kappa shape index (κ2) is 21.1. The van der Waals surface area contributed by atoms with E-state index in [1.807, 2.05) is 25.1 Å². The Morgan fingerprint density at radius 2 is 1.62 bits per heavy atom. The minimum atomic E-state index is -0.998. The maximum atomic E-state index is 12.4. The number of fused-ring (bicyclic) bond motifs is 1. The van der Waals surface area contributed by atoms with Crippen LogP contribution in [0, 0.1) is 16.7 Å². The van der Waals surface area contributed by atoms with E-state index in [0.717, 1.165) is 67.3 Å². The summed E-state index contributed by atoms with van der Waals surface area (Å²) >= 11 is 0. The van der Waals surface area contributed by atoms with Gasteiger partial charge in [-0.3, -0.25) is 0 Å². The van der Waals surface area contributed by atoms with E-state index in [0.29, 0.717) is 51.4 Å². The summed E-state index contributed by atoms with van der Waals surface area (Å²) in [5, 5.41) is 51.8. The number of aliphatic hydroxyl groups is 2. The monoisotopic (exact) mass is 839 g/mol. The summed E-state index contributed by atoms with van der Waals surface area (Å²) in [6.07, 6.45) is 13.3. The lowest BCUT2D eigenvalue weighted by molar-refractivity contribution is -0.138. The van der Waals surface area contributed by atoms with Crippen LogP contribution in [0.1, 0.15) is 152 Å². The highest BCUT2D eigenvalue weighted by molar-refractivity contribution is 5.57. The van der Waals surface area contributed by atoms with Crippen LogP contribution in [0.5, 0.6) is 11.5 Å². The van der Waals surface area contributed by atoms with Crippen LogP contribution in [-0.2, 0) is 26.0 Å². The number of nitrogens with one attached hydrogen (secondary N) is 2. The van der Waals surface area contributed by atoms with Gasteiger partial charge in [0, 0.05) is 42.1 Å². The van der Waals surface area contributed by atoms with E-state index in [1.54, 1.807) is 26.2 Å². The number of allylic oxidation sites excluding steroid dienone is 3. The van der Waals surface area contributed by atoms with Crippen molar-refractivity contribution in [2.45, 2.75) is 188 Å². The van der Waals surface area contributed by atoms with Gasteiger partial charge >= 0.3 is 0 Å². The molecule has 8 unspecified atom stereocenters. The highest BCUT2D eigenvalue weighted by atomic mass is 16.5. The molecule has 3 rings (SSSR count). The molecule has 0 bridgehead atoms. The van der Waals surface area contributed by atoms with Crippen LogP contribution < -0.4 is 10.6 Å². The molecule has 6 N–H and O–H groups in total. The lowest BCUT2D eigenvalue weighted by Gasteiger charge is -2.57. The molecular formula is C51H86N2O7. The third kappa shape index (κ3) is 10.9. The van der Waals surface area contributed by atoms with Crippen molar-refractivity contribution in [3.05, 3.63) is 71.6 Å². The zero-order chi connectivity index (χ0) is 45.3. The number of hydrogen-bond donors (Lipinski definition) is 6. The standard InChI is InChI=1S/C51H86N2O7/c1-16-28-53-43-30-39-24-25-41(55)45(56)44(39)51(20-5,49(43,14)58-15)32-40(18-3)59-34-47(11,12)60-33-46(9,10)27-26-37(17-2)31-50(19-4)36(8)38(23-22-35(7)54)29-42(52-21-6)48(50,13)57/h16,22-25,37,40,42-43,52-57H,1,8,17-21,26-34H2,2-7,9-15H3/b35-22-,38-23-. The fourth-order valence-electron chi connectivity index (χ4n) is 10.6. The van der Waals surface area contributed by atoms with E-state index in [1.165, 1.54) is 0 Å². The molecule has 0 radical (unpaired) electrons. The first-order valence-electron chi connectivity index (χ1n) is 23.0. The highest BCUT2D eigenvalue weighted by Gasteiger charge is 2.59. The van der Waals surface area contributed by atoms with Crippen molar-refractivity contribution < 1.29 is 34.6 Å². The molecule has 1 aromatic carbocycles. The first-order valence-corrected chi connectivity index (χ1v) is 23.0. The summed E-state index contributed by atoms with van der Waals surface area (Å²) < 4.78 is 20.0. The third-order valence-corrected chi connectivity index (χ3v) is 14.9. The van der Waals surface area contributed by atoms with Gasteiger partial charge in [-0.15, -0.1) is 6.58 Å². The summed E-state index contributed by atoms with van der Waals surface area (Å²) in [6, 6.07) is 3.33. The largest absolute Gasteiger partial charge is 0.513 e. The van der Waals surface area contributed by atoms with Gasteiger partial charge in [0.15, 0.2) is 11.5 Å². The molecule has 9 heteroatoms. The second-order valence-corrected chi connectivity index (χ2v) is 19.8. The molecular weight excluding hydrogens is 753 g/mol. The van der Waals surface area contributed by atoms with Gasteiger partial charge in [-0.2, -0.15) is 0 Å². The Labute approximate surface area is 365 Å². The Bertz CT molecular complexity index is 1640. The van der Waals surface area contributed by atoms with Crippen LogP contribution in [-0.4, -0.2) is 88.8 Å². The predicted molar refractivity (Wildman–Crippen MR) is 248 cm³/mol. The summed E-state index contributed by atoms with van der Waals surface area (Å²) in [4.78, 5) is 0. The number of methoxy groups -OCH3 is 1. The Balaban J connectivity index is 1.77. The van der Waals surface area contributed by atoms with Crippen molar-refractivity contribution in [1.29, 1.82) is 0 Å². The number of aliphatic hydroxyl groups excluding tert-OH is 1. The lowest BCUT2D eigenvalue weighted by atomic mass is 9.53. The molecule has 0 aromatic heterocycles. The number of hydrogen-bond acceptors (Lipinski definition) is 9. The molecule has 2 aliphatic rings. The van der Waals surface area contributed by atoms with E-state index in [4.69, 9.17) is 14.2 Å². The molecule has 9 nitrogen and oxygen atoms in total. The molecule has 0 saturated heterocycles. The van der Waals surface area contributed by atoms with Crippen molar-refractivity contribution in [1.82, 2.24) is 10.6 Å². The van der Waals surface area contributed by atoms with Gasteiger partial charge in [-0.05, 0) is 139 Å². The molecule has 8 atom stereocenters. The van der Waals surface area contributed by atoms with Crippen LogP contribution >= 0.6 is 0 Å². The van der Waals surface area contributed by atoms with Crippen LogP contribution in [0.3, 0.4) is 0 Å². The van der Waals surface area contributed by atoms with Crippen molar-refractivity contribution in [3.8, 4) is 11.5 Å². The minimum Gasteiger partial charge on any atom is -0.513 e. The van der Waals surface area contributed by atoms with Crippen LogP contribution in [0.25, 0.3) is 0 Å². The third-order valence-electron chi connectivity index (χ3n) is 14.9. The number of likely N-dealkylation sites (N-methyl/N-ethyl adjacent to an activating group) is 1. The molecule has 2 aliphatic carbocycles. The maximum absolute atomic E-state index is 12.4. The zero-order valence-electron chi connectivity index (χ0n) is 40.0. The Morgan fingerprint density at radius 1 is 0.950 bits per heavy atom. The normalized spacial score (nSPS) is 29.4. The van der Waals surface area contributed by atoms with Gasteiger partial charge in [-0.1, -0.05) is 79.7 Å². The van der Waals surface area contributed by atoms with Crippen LogP contribution in [0.2, 0.25) is 0 Å². The molecule has 0 spiro atoms. The van der Waals surface area contributed by atoms with Gasteiger partial charge in [-0.25, -0.2) is 0 Å². The van der Waals surface area contributed by atoms with E-state index in [9.17, 15) is 20.4 Å². The van der Waals surface area contributed by atoms with Crippen LogP contribution in [0.4, 0.5) is 0 Å². The van der Waals surface area contributed by atoms with E-state index in [-0.39, 0.29) is 40.9 Å². The highest BCUT2D eigenvalue weighted by Crippen LogP contribution is 2.57. The minimum absolute atomic E-state index is 0.0613. The van der Waals surface area contributed by atoms with Crippen molar-refractivity contribution in [2.24, 2.45) is 16.7 Å². The number of phenolic OH excluding ortho intramolecular Hbond substituents is 2. The fraction of sp³-hybridized carbons (Fsp3) is 0.725. The van der Waals surface area contributed by atoms with E-state index in [2.05, 4.69) is 93.0 Å². The van der Waals surface area contributed by atoms with E-state index < -0.39 is 27.6 Å². The number of aromatic hydroxyl groups is 2. The Kier molecular flexibility index (Phi) is 18.2. The summed E-state index contributed by atoms with van der Waals surface area (Å²) in [5.41, 5.74) is 0.238. The molecule has 1 aromatic rings. The molecule has 1 fully saturated rings. The Morgan fingerprint density at radius 3 is 2.17 bits per heavy atom. The first kappa shape index (κ1) is 51.7. The average molecular weight is 839 g/mol. The average Bonchev–Trinajstić information content (AvgIpc) is 3.20. The molecule has 0 amide bonds. The van der Waals surface area contributed by atoms with Gasteiger partial charge in [0.2, 0.25) is 0 Å². The molecule has 1 saturated carbocycles. The van der Waals surface area contributed by atoms with Crippen molar-refractivity contribution >= 4 is 0 Å². The topological polar surface area (TPSA) is 133 Å². The van der Waals surface area contributed by atoms with Crippen molar-refractivity contribution in [3.63, 3.8) is 0 Å². The van der Waals surface area contributed by atoms with E-state index >= 15 is 0 Å². The van der Waals surface area contributed by atoms with Gasteiger partial charge in [0.05, 0.1) is 41.9 Å². The molecule has 60 heavy (non-hydrogen) atoms. The quantitative estimate of drug-likeness (QED) is 0.0342. The SMILES string of the molecule is C=CCNC1Cc2ccc(O)c(O)c2C(CC)(CC(CC)OCC(C)(C)OCC(C)(C)CCC(CC)CC2(CC)C(=C)/C(=C\C=C(\C)O)CC(NCC)C2(C)O)C1(C)OC. The first-order chi connectivity index (χ1) is 28.0. The van der Waals surface area contributed by atoms with Gasteiger partial charge in [0.25, 0.3) is 0 Å².